The SMILES string of the molecule is CC[C@H](c1nnnn1Cc1ccc(OC)cc1)N(Cc1cccs1)Cc1cc2ccc(C)cc2[nH]c1=O. The number of thiophene rings is 1. The van der Waals surface area contributed by atoms with Crippen molar-refractivity contribution in [2.75, 3.05) is 7.11 Å². The summed E-state index contributed by atoms with van der Waals surface area (Å²) < 4.78 is 7.13. The maximum absolute atomic E-state index is 13.1. The van der Waals surface area contributed by atoms with Crippen LogP contribution in [0, 0.1) is 6.92 Å². The number of nitrogens with zero attached hydrogens (tertiary/aromatic N) is 5. The minimum Gasteiger partial charge on any atom is -0.497 e. The molecule has 8 nitrogen and oxygen atoms in total. The molecule has 0 spiro atoms. The van der Waals surface area contributed by atoms with Gasteiger partial charge in [-0.25, -0.2) is 4.68 Å². The molecule has 0 aliphatic rings. The topological polar surface area (TPSA) is 88.9 Å². The van der Waals surface area contributed by atoms with Gasteiger partial charge in [-0.1, -0.05) is 37.3 Å². The fourth-order valence-electron chi connectivity index (χ4n) is 4.65. The summed E-state index contributed by atoms with van der Waals surface area (Å²) >= 11 is 1.71. The minimum absolute atomic E-state index is 0.0676. The van der Waals surface area contributed by atoms with Crippen LogP contribution in [0.15, 0.2) is 70.8 Å². The Morgan fingerprint density at radius 1 is 1.11 bits per heavy atom. The van der Waals surface area contributed by atoms with Crippen LogP contribution in [0.2, 0.25) is 0 Å². The second-order valence-corrected chi connectivity index (χ2v) is 10.2. The Labute approximate surface area is 219 Å². The number of benzene rings is 2. The quantitative estimate of drug-likeness (QED) is 0.279. The smallest absolute Gasteiger partial charge is 0.252 e. The van der Waals surface area contributed by atoms with Crippen molar-refractivity contribution < 1.29 is 4.74 Å². The lowest BCUT2D eigenvalue weighted by molar-refractivity contribution is 0.163. The first-order valence-corrected chi connectivity index (χ1v) is 13.2. The zero-order valence-corrected chi connectivity index (χ0v) is 22.0. The number of ether oxygens (including phenoxy) is 1. The maximum Gasteiger partial charge on any atom is 0.252 e. The van der Waals surface area contributed by atoms with Crippen molar-refractivity contribution in [3.05, 3.63) is 104 Å². The summed E-state index contributed by atoms with van der Waals surface area (Å²) in [6, 6.07) is 20.1. The molecule has 3 aromatic heterocycles. The number of methoxy groups -OCH3 is 1. The van der Waals surface area contributed by atoms with Crippen LogP contribution in [0.25, 0.3) is 10.9 Å². The highest BCUT2D eigenvalue weighted by molar-refractivity contribution is 7.09. The number of hydrogen-bond acceptors (Lipinski definition) is 7. The molecule has 1 atom stereocenters. The van der Waals surface area contributed by atoms with E-state index >= 15 is 0 Å². The molecule has 0 unspecified atom stereocenters. The van der Waals surface area contributed by atoms with Gasteiger partial charge in [0.1, 0.15) is 5.75 Å². The number of aromatic nitrogens is 5. The van der Waals surface area contributed by atoms with Gasteiger partial charge in [0.25, 0.3) is 5.56 Å². The van der Waals surface area contributed by atoms with Crippen molar-refractivity contribution >= 4 is 22.2 Å². The second-order valence-electron chi connectivity index (χ2n) is 9.17. The van der Waals surface area contributed by atoms with Gasteiger partial charge in [0.15, 0.2) is 5.82 Å². The summed E-state index contributed by atoms with van der Waals surface area (Å²) in [6.07, 6.45) is 0.791. The van der Waals surface area contributed by atoms with Crippen molar-refractivity contribution in [2.24, 2.45) is 0 Å². The molecule has 0 amide bonds. The van der Waals surface area contributed by atoms with E-state index in [4.69, 9.17) is 4.74 Å². The van der Waals surface area contributed by atoms with E-state index in [-0.39, 0.29) is 11.6 Å². The number of aryl methyl sites for hydroxylation is 1. The van der Waals surface area contributed by atoms with Gasteiger partial charge in [0.05, 0.1) is 19.7 Å². The molecule has 0 aliphatic heterocycles. The Morgan fingerprint density at radius 2 is 1.95 bits per heavy atom. The van der Waals surface area contributed by atoms with E-state index in [0.717, 1.165) is 45.6 Å². The number of tetrazole rings is 1. The van der Waals surface area contributed by atoms with E-state index in [0.29, 0.717) is 19.6 Å². The van der Waals surface area contributed by atoms with Crippen molar-refractivity contribution in [3.8, 4) is 5.75 Å². The molecule has 37 heavy (non-hydrogen) atoms. The largest absolute Gasteiger partial charge is 0.497 e. The van der Waals surface area contributed by atoms with Crippen LogP contribution in [0.5, 0.6) is 5.75 Å². The van der Waals surface area contributed by atoms with E-state index in [1.165, 1.54) is 4.88 Å². The Kier molecular flexibility index (Phi) is 7.43. The number of fused-ring (bicyclic) bond motifs is 1. The Hall–Kier alpha value is -3.82. The van der Waals surface area contributed by atoms with Gasteiger partial charge in [-0.15, -0.1) is 16.4 Å². The summed E-state index contributed by atoms with van der Waals surface area (Å²) in [7, 11) is 1.66. The van der Waals surface area contributed by atoms with Crippen LogP contribution in [-0.4, -0.2) is 37.2 Å². The lowest BCUT2D eigenvalue weighted by Crippen LogP contribution is -2.32. The number of pyridine rings is 1. The van der Waals surface area contributed by atoms with Crippen LogP contribution in [-0.2, 0) is 19.6 Å². The minimum atomic E-state index is -0.0801. The standard InChI is InChI=1S/C28H30N6O2S/c1-4-26(27-30-31-32-34(27)16-20-8-11-23(36-3)12-9-20)33(18-24-6-5-13-37-24)17-22-15-21-10-7-19(2)14-25(21)29-28(22)35/h5-15,26H,4,16-18H2,1-3H3,(H,29,35)/t26-/m1/s1. The number of H-pyrrole nitrogens is 1. The molecule has 9 heteroatoms. The van der Waals surface area contributed by atoms with Crippen molar-refractivity contribution in [1.82, 2.24) is 30.1 Å². The fourth-order valence-corrected chi connectivity index (χ4v) is 5.38. The molecule has 0 saturated heterocycles. The average molecular weight is 515 g/mol. The molecule has 0 saturated carbocycles. The summed E-state index contributed by atoms with van der Waals surface area (Å²) in [5, 5.41) is 15.9. The van der Waals surface area contributed by atoms with E-state index in [2.05, 4.69) is 62.0 Å². The predicted molar refractivity (Wildman–Crippen MR) is 146 cm³/mol. The van der Waals surface area contributed by atoms with E-state index in [9.17, 15) is 4.79 Å². The highest BCUT2D eigenvalue weighted by Gasteiger charge is 2.26. The Bertz CT molecular complexity index is 1520. The normalized spacial score (nSPS) is 12.3. The predicted octanol–water partition coefficient (Wildman–Crippen LogP) is 5.09. The molecule has 0 fully saturated rings. The van der Waals surface area contributed by atoms with Gasteiger partial charge in [0, 0.05) is 29.0 Å². The molecule has 3 heterocycles. The Balaban J connectivity index is 1.48. The first kappa shape index (κ1) is 24.9. The van der Waals surface area contributed by atoms with Crippen molar-refractivity contribution in [2.45, 2.75) is 45.9 Å². The second kappa shape index (κ2) is 11.1. The molecule has 5 aromatic rings. The molecule has 0 radical (unpaired) electrons. The molecule has 0 aliphatic carbocycles. The summed E-state index contributed by atoms with van der Waals surface area (Å²) in [4.78, 5) is 19.7. The van der Waals surface area contributed by atoms with E-state index in [1.807, 2.05) is 48.0 Å². The summed E-state index contributed by atoms with van der Waals surface area (Å²) in [6.45, 7) is 5.87. The van der Waals surface area contributed by atoms with Crippen LogP contribution < -0.4 is 10.3 Å². The maximum atomic E-state index is 13.1. The molecular formula is C28H30N6O2S. The van der Waals surface area contributed by atoms with Crippen LogP contribution in [0.3, 0.4) is 0 Å². The molecule has 1 N–H and O–H groups in total. The van der Waals surface area contributed by atoms with Gasteiger partial charge in [-0.2, -0.15) is 0 Å². The number of nitrogens with one attached hydrogen (secondary N) is 1. The number of aromatic amines is 1. The van der Waals surface area contributed by atoms with Crippen LogP contribution >= 0.6 is 11.3 Å². The van der Waals surface area contributed by atoms with Gasteiger partial charge < -0.3 is 9.72 Å². The Morgan fingerprint density at radius 3 is 2.68 bits per heavy atom. The lowest BCUT2D eigenvalue weighted by atomic mass is 10.1. The van der Waals surface area contributed by atoms with Crippen LogP contribution in [0.1, 0.15) is 46.8 Å². The lowest BCUT2D eigenvalue weighted by Gasteiger charge is -2.30. The molecule has 2 aromatic carbocycles. The zero-order chi connectivity index (χ0) is 25.8. The number of hydrogen-bond donors (Lipinski definition) is 1. The summed E-state index contributed by atoms with van der Waals surface area (Å²) in [5.74, 6) is 1.59. The van der Waals surface area contributed by atoms with Gasteiger partial charge in [0.2, 0.25) is 0 Å². The fraction of sp³-hybridized carbons (Fsp3) is 0.286. The third-order valence-electron chi connectivity index (χ3n) is 6.57. The highest BCUT2D eigenvalue weighted by atomic mass is 32.1. The third-order valence-corrected chi connectivity index (χ3v) is 7.43. The highest BCUT2D eigenvalue weighted by Crippen LogP contribution is 2.28. The molecular weight excluding hydrogens is 484 g/mol. The monoisotopic (exact) mass is 514 g/mol. The molecule has 5 rings (SSSR count). The van der Waals surface area contributed by atoms with Gasteiger partial charge >= 0.3 is 0 Å². The van der Waals surface area contributed by atoms with Crippen molar-refractivity contribution in [3.63, 3.8) is 0 Å². The number of rotatable bonds is 10. The van der Waals surface area contributed by atoms with E-state index < -0.39 is 0 Å². The van der Waals surface area contributed by atoms with Gasteiger partial charge in [-0.3, -0.25) is 9.69 Å². The van der Waals surface area contributed by atoms with Crippen LogP contribution in [0.4, 0.5) is 0 Å². The zero-order valence-electron chi connectivity index (χ0n) is 21.2. The first-order chi connectivity index (χ1) is 18.0. The van der Waals surface area contributed by atoms with Crippen molar-refractivity contribution in [1.29, 1.82) is 0 Å². The van der Waals surface area contributed by atoms with E-state index in [1.54, 1.807) is 18.4 Å². The average Bonchev–Trinajstić information content (AvgIpc) is 3.58. The molecule has 190 valence electrons. The first-order valence-electron chi connectivity index (χ1n) is 12.3. The molecule has 0 bridgehead atoms. The third kappa shape index (κ3) is 5.63. The summed E-state index contributed by atoms with van der Waals surface area (Å²) in [5.41, 5.74) is 3.71. The van der Waals surface area contributed by atoms with Gasteiger partial charge in [-0.05, 0) is 76.0 Å².